The van der Waals surface area contributed by atoms with E-state index in [1.54, 1.807) is 24.3 Å². The molecule has 1 heteroatoms. The minimum Gasteiger partial charge on any atom is -0.508 e. The van der Waals surface area contributed by atoms with Crippen LogP contribution in [0, 0.1) is 0 Å². The summed E-state index contributed by atoms with van der Waals surface area (Å²) >= 11 is 0. The first kappa shape index (κ1) is 23.1. The zero-order chi connectivity index (χ0) is 23.4. The van der Waals surface area contributed by atoms with Gasteiger partial charge in [0.1, 0.15) is 5.75 Å². The molecule has 0 amide bonds. The lowest BCUT2D eigenvalue weighted by atomic mass is 9.89. The van der Waals surface area contributed by atoms with Gasteiger partial charge in [0.25, 0.3) is 0 Å². The van der Waals surface area contributed by atoms with Crippen LogP contribution in [0.1, 0.15) is 33.4 Å². The molecule has 0 aliphatic rings. The van der Waals surface area contributed by atoms with Crippen LogP contribution in [0.3, 0.4) is 0 Å². The highest BCUT2D eigenvalue weighted by atomic mass is 16.3. The number of rotatable bonds is 6. The molecule has 0 aromatic heterocycles. The monoisotopic (exact) mass is 442 g/mol. The molecule has 0 radical (unpaired) electrons. The fourth-order valence-electron chi connectivity index (χ4n) is 4.11. The molecule has 0 saturated carbocycles. The zero-order valence-electron chi connectivity index (χ0n) is 19.3. The maximum absolute atomic E-state index is 8.63. The largest absolute Gasteiger partial charge is 0.508 e. The maximum atomic E-state index is 8.63. The molecule has 1 N–H and O–H groups in total. The molecule has 168 valence electrons. The second kappa shape index (κ2) is 12.2. The van der Waals surface area contributed by atoms with E-state index in [1.807, 2.05) is 6.07 Å². The summed E-state index contributed by atoms with van der Waals surface area (Å²) in [6.45, 7) is 0. The van der Waals surface area contributed by atoms with Crippen molar-refractivity contribution < 1.29 is 5.11 Å². The molecule has 5 aromatic carbocycles. The highest BCUT2D eigenvalue weighted by Gasteiger charge is 2.11. The predicted octanol–water partition coefficient (Wildman–Crippen LogP) is 7.85. The van der Waals surface area contributed by atoms with Crippen molar-refractivity contribution in [2.24, 2.45) is 0 Å². The predicted molar refractivity (Wildman–Crippen MR) is 142 cm³/mol. The van der Waals surface area contributed by atoms with E-state index in [4.69, 9.17) is 5.11 Å². The van der Waals surface area contributed by atoms with Crippen molar-refractivity contribution in [2.75, 3.05) is 0 Å². The van der Waals surface area contributed by atoms with Crippen LogP contribution in [0.4, 0.5) is 0 Å². The quantitative estimate of drug-likeness (QED) is 0.284. The number of phenolic OH excluding ortho intramolecular Hbond substituents is 1. The number of para-hydroxylation sites is 1. The molecule has 0 unspecified atom stereocenters. The van der Waals surface area contributed by atoms with Crippen LogP contribution in [0.15, 0.2) is 140 Å². The summed E-state index contributed by atoms with van der Waals surface area (Å²) < 4.78 is 0. The van der Waals surface area contributed by atoms with E-state index in [9.17, 15) is 0 Å². The molecule has 5 aromatic rings. The maximum Gasteiger partial charge on any atom is 0.115 e. The summed E-state index contributed by atoms with van der Waals surface area (Å²) in [5.41, 5.74) is 8.42. The van der Waals surface area contributed by atoms with E-state index in [0.717, 1.165) is 19.3 Å². The SMILES string of the molecule is Oc1ccccc1.c1ccc(Cc2cccc(Cc3ccccc3)c2Cc2ccccc2)cc1. The Morgan fingerprint density at radius 1 is 0.353 bits per heavy atom. The van der Waals surface area contributed by atoms with Crippen LogP contribution in [0.5, 0.6) is 5.75 Å². The van der Waals surface area contributed by atoms with Gasteiger partial charge in [0, 0.05) is 0 Å². The van der Waals surface area contributed by atoms with Gasteiger partial charge in [0.15, 0.2) is 0 Å². The van der Waals surface area contributed by atoms with E-state index in [-0.39, 0.29) is 0 Å². The van der Waals surface area contributed by atoms with Gasteiger partial charge in [-0.3, -0.25) is 0 Å². The molecule has 34 heavy (non-hydrogen) atoms. The summed E-state index contributed by atoms with van der Waals surface area (Å²) in [4.78, 5) is 0. The molecule has 0 spiro atoms. The van der Waals surface area contributed by atoms with Crippen LogP contribution in [0.2, 0.25) is 0 Å². The first-order valence-electron chi connectivity index (χ1n) is 11.7. The van der Waals surface area contributed by atoms with Crippen molar-refractivity contribution in [3.63, 3.8) is 0 Å². The second-order valence-electron chi connectivity index (χ2n) is 8.38. The van der Waals surface area contributed by atoms with Crippen molar-refractivity contribution in [2.45, 2.75) is 19.3 Å². The van der Waals surface area contributed by atoms with Gasteiger partial charge in [-0.05, 0) is 64.8 Å². The van der Waals surface area contributed by atoms with Crippen molar-refractivity contribution in [1.82, 2.24) is 0 Å². The standard InChI is InChI=1S/C27H24.C6H6O/c1-4-11-22(12-5-1)19-25-17-10-18-26(20-23-13-6-2-7-14-23)27(25)21-24-15-8-3-9-16-24;7-6-4-2-1-3-5-6/h1-18H,19-21H2;1-5,7H. The number of hydrogen-bond acceptors (Lipinski definition) is 1. The highest BCUT2D eigenvalue weighted by molar-refractivity contribution is 5.43. The third-order valence-electron chi connectivity index (χ3n) is 5.82. The molecule has 0 atom stereocenters. The average Bonchev–Trinajstić information content (AvgIpc) is 2.89. The van der Waals surface area contributed by atoms with Gasteiger partial charge < -0.3 is 5.11 Å². The number of hydrogen-bond donors (Lipinski definition) is 1. The van der Waals surface area contributed by atoms with E-state index in [0.29, 0.717) is 5.75 Å². The lowest BCUT2D eigenvalue weighted by Crippen LogP contribution is -2.03. The highest BCUT2D eigenvalue weighted by Crippen LogP contribution is 2.24. The smallest absolute Gasteiger partial charge is 0.115 e. The second-order valence-corrected chi connectivity index (χ2v) is 8.38. The first-order valence-corrected chi connectivity index (χ1v) is 11.7. The Labute approximate surface area is 203 Å². The number of aromatic hydroxyl groups is 1. The Hall–Kier alpha value is -4.10. The fourth-order valence-corrected chi connectivity index (χ4v) is 4.11. The van der Waals surface area contributed by atoms with Crippen molar-refractivity contribution >= 4 is 0 Å². The molecule has 1 nitrogen and oxygen atoms in total. The van der Waals surface area contributed by atoms with Crippen LogP contribution in [-0.4, -0.2) is 5.11 Å². The minimum atomic E-state index is 0.322. The Kier molecular flexibility index (Phi) is 8.29. The number of phenols is 1. The molecule has 0 saturated heterocycles. The Bertz CT molecular complexity index is 1190. The summed E-state index contributed by atoms with van der Waals surface area (Å²) in [5.74, 6) is 0.322. The van der Waals surface area contributed by atoms with Gasteiger partial charge in [0.05, 0.1) is 0 Å². The van der Waals surface area contributed by atoms with Gasteiger partial charge in [0.2, 0.25) is 0 Å². The van der Waals surface area contributed by atoms with Crippen LogP contribution in [0.25, 0.3) is 0 Å². The Morgan fingerprint density at radius 3 is 1.06 bits per heavy atom. The molecular weight excluding hydrogens is 412 g/mol. The van der Waals surface area contributed by atoms with Gasteiger partial charge in [-0.1, -0.05) is 127 Å². The van der Waals surface area contributed by atoms with Crippen LogP contribution in [-0.2, 0) is 19.3 Å². The van der Waals surface area contributed by atoms with E-state index in [2.05, 4.69) is 109 Å². The molecule has 5 rings (SSSR count). The van der Waals surface area contributed by atoms with Crippen LogP contribution >= 0.6 is 0 Å². The van der Waals surface area contributed by atoms with Crippen molar-refractivity contribution in [1.29, 1.82) is 0 Å². The summed E-state index contributed by atoms with van der Waals surface area (Å²) in [6, 6.07) is 47.9. The molecule has 0 fully saturated rings. The fraction of sp³-hybridized carbons (Fsp3) is 0.0909. The Morgan fingerprint density at radius 2 is 0.706 bits per heavy atom. The van der Waals surface area contributed by atoms with E-state index >= 15 is 0 Å². The van der Waals surface area contributed by atoms with E-state index in [1.165, 1.54) is 33.4 Å². The first-order chi connectivity index (χ1) is 16.8. The third-order valence-corrected chi connectivity index (χ3v) is 5.82. The van der Waals surface area contributed by atoms with Gasteiger partial charge >= 0.3 is 0 Å². The Balaban J connectivity index is 0.000000336. The van der Waals surface area contributed by atoms with Gasteiger partial charge in [-0.2, -0.15) is 0 Å². The molecular formula is C33H30O. The third kappa shape index (κ3) is 6.95. The number of benzene rings is 5. The van der Waals surface area contributed by atoms with Gasteiger partial charge in [-0.25, -0.2) is 0 Å². The topological polar surface area (TPSA) is 20.2 Å². The van der Waals surface area contributed by atoms with Crippen molar-refractivity contribution in [3.8, 4) is 5.75 Å². The van der Waals surface area contributed by atoms with Crippen LogP contribution < -0.4 is 0 Å². The molecule has 0 aliphatic carbocycles. The molecule has 0 aliphatic heterocycles. The molecule has 0 bridgehead atoms. The minimum absolute atomic E-state index is 0.322. The van der Waals surface area contributed by atoms with E-state index < -0.39 is 0 Å². The van der Waals surface area contributed by atoms with Crippen molar-refractivity contribution in [3.05, 3.63) is 173 Å². The van der Waals surface area contributed by atoms with Gasteiger partial charge in [-0.15, -0.1) is 0 Å². The summed E-state index contributed by atoms with van der Waals surface area (Å²) in [6.07, 6.45) is 2.93. The lowest BCUT2D eigenvalue weighted by molar-refractivity contribution is 0.475. The summed E-state index contributed by atoms with van der Waals surface area (Å²) in [7, 11) is 0. The summed E-state index contributed by atoms with van der Waals surface area (Å²) in [5, 5.41) is 8.63. The average molecular weight is 443 g/mol. The molecule has 0 heterocycles. The lowest BCUT2D eigenvalue weighted by Gasteiger charge is -2.16. The normalized spacial score (nSPS) is 10.2. The zero-order valence-corrected chi connectivity index (χ0v) is 19.3.